The van der Waals surface area contributed by atoms with Crippen LogP contribution in [0.1, 0.15) is 37.6 Å². The van der Waals surface area contributed by atoms with Crippen LogP contribution in [0, 0.1) is 6.92 Å². The number of hydrogen-bond acceptors (Lipinski definition) is 4. The van der Waals surface area contributed by atoms with E-state index in [4.69, 9.17) is 15.6 Å². The molecule has 162 valence electrons. The molecule has 0 unspecified atom stereocenters. The van der Waals surface area contributed by atoms with Crippen molar-refractivity contribution in [2.24, 2.45) is 5.73 Å². The third kappa shape index (κ3) is 5.51. The second-order valence-corrected chi connectivity index (χ2v) is 8.44. The van der Waals surface area contributed by atoms with E-state index >= 15 is 0 Å². The number of hydrogen-bond donors (Lipinski definition) is 2. The Morgan fingerprint density at radius 1 is 1.06 bits per heavy atom. The average Bonchev–Trinajstić information content (AvgIpc) is 3.04. The minimum atomic E-state index is -0.395. The molecule has 7 heteroatoms. The average molecular weight is 421 g/mol. The number of carbonyl (C=O) groups excluding carboxylic acids is 2. The minimum absolute atomic E-state index is 0.153. The molecule has 3 rings (SSSR count). The van der Waals surface area contributed by atoms with Gasteiger partial charge in [-0.3, -0.25) is 9.59 Å². The van der Waals surface area contributed by atoms with E-state index in [2.05, 4.69) is 26.1 Å². The van der Waals surface area contributed by atoms with E-state index in [0.29, 0.717) is 11.6 Å². The van der Waals surface area contributed by atoms with Gasteiger partial charge in [0.15, 0.2) is 6.61 Å². The summed E-state index contributed by atoms with van der Waals surface area (Å²) in [4.78, 5) is 23.6. The van der Waals surface area contributed by atoms with Gasteiger partial charge >= 0.3 is 0 Å². The molecule has 2 aromatic carbocycles. The molecule has 0 aliphatic rings. The largest absolute Gasteiger partial charge is 0.484 e. The Kier molecular flexibility index (Phi) is 6.44. The van der Waals surface area contributed by atoms with Crippen LogP contribution in [0.5, 0.6) is 5.75 Å². The summed E-state index contributed by atoms with van der Waals surface area (Å²) < 4.78 is 7.36. The van der Waals surface area contributed by atoms with Crippen LogP contribution in [0.25, 0.3) is 5.69 Å². The first-order chi connectivity index (χ1) is 14.6. The molecule has 0 aliphatic carbocycles. The molecule has 0 atom stereocenters. The summed E-state index contributed by atoms with van der Waals surface area (Å²) >= 11 is 0. The predicted octanol–water partition coefficient (Wildman–Crippen LogP) is 3.52. The fourth-order valence-corrected chi connectivity index (χ4v) is 3.33. The number of ether oxygens (including phenoxy) is 1. The van der Waals surface area contributed by atoms with Crippen LogP contribution in [0.3, 0.4) is 0 Å². The van der Waals surface area contributed by atoms with E-state index in [0.717, 1.165) is 22.5 Å². The Balaban J connectivity index is 1.76. The fourth-order valence-electron chi connectivity index (χ4n) is 3.33. The van der Waals surface area contributed by atoms with Gasteiger partial charge in [-0.15, -0.1) is 0 Å². The molecule has 31 heavy (non-hydrogen) atoms. The molecule has 7 nitrogen and oxygen atoms in total. The molecule has 0 bridgehead atoms. The zero-order valence-electron chi connectivity index (χ0n) is 18.3. The highest BCUT2D eigenvalue weighted by atomic mass is 16.5. The first-order valence-corrected chi connectivity index (χ1v) is 10.1. The summed E-state index contributed by atoms with van der Waals surface area (Å²) in [6.45, 7) is 8.08. The lowest BCUT2D eigenvalue weighted by Crippen LogP contribution is -2.22. The Hall–Kier alpha value is -3.61. The maximum atomic E-state index is 12.7. The van der Waals surface area contributed by atoms with Gasteiger partial charge in [0.2, 0.25) is 5.91 Å². The van der Waals surface area contributed by atoms with Crippen molar-refractivity contribution in [2.75, 3.05) is 11.9 Å². The summed E-state index contributed by atoms with van der Waals surface area (Å²) in [5, 5.41) is 7.73. The molecule has 0 saturated heterocycles. The molecular formula is C24H28N4O3. The molecule has 2 amide bonds. The van der Waals surface area contributed by atoms with Crippen molar-refractivity contribution >= 4 is 17.6 Å². The monoisotopic (exact) mass is 420 g/mol. The molecule has 0 fully saturated rings. The number of para-hydroxylation sites is 1. The minimum Gasteiger partial charge on any atom is -0.484 e. The van der Waals surface area contributed by atoms with Gasteiger partial charge in [0, 0.05) is 11.0 Å². The number of amides is 2. The number of nitrogens with one attached hydrogen (secondary N) is 1. The topological polar surface area (TPSA) is 99.2 Å². The molecule has 3 aromatic rings. The van der Waals surface area contributed by atoms with Crippen molar-refractivity contribution in [3.63, 3.8) is 0 Å². The lowest BCUT2D eigenvalue weighted by molar-refractivity contribution is -0.118. The summed E-state index contributed by atoms with van der Waals surface area (Å²) in [5.74, 6) is 0.475. The van der Waals surface area contributed by atoms with E-state index in [1.807, 2.05) is 37.3 Å². The normalized spacial score (nSPS) is 11.2. The lowest BCUT2D eigenvalue weighted by atomic mass is 9.90. The number of benzene rings is 2. The first-order valence-electron chi connectivity index (χ1n) is 10.1. The van der Waals surface area contributed by atoms with E-state index in [-0.39, 0.29) is 24.3 Å². The standard InChI is InChI=1S/C24H28N4O3/c1-16-22(24(2,3)4)27-28(18-8-6-5-7-9-18)23(16)26-21(30)15-31-19-12-10-17(11-13-19)14-20(25)29/h5-13H,14-15H2,1-4H3,(H2,25,29)(H,26,30). The van der Waals surface area contributed by atoms with Crippen LogP contribution in [-0.4, -0.2) is 28.2 Å². The Morgan fingerprint density at radius 3 is 2.29 bits per heavy atom. The van der Waals surface area contributed by atoms with Gasteiger partial charge in [-0.1, -0.05) is 51.1 Å². The van der Waals surface area contributed by atoms with Gasteiger partial charge in [0.05, 0.1) is 17.8 Å². The van der Waals surface area contributed by atoms with Crippen LogP contribution in [0.4, 0.5) is 5.82 Å². The molecule has 0 spiro atoms. The van der Waals surface area contributed by atoms with Gasteiger partial charge in [-0.05, 0) is 36.8 Å². The van der Waals surface area contributed by atoms with Crippen LogP contribution in [-0.2, 0) is 21.4 Å². The quantitative estimate of drug-likeness (QED) is 0.611. The fraction of sp³-hybridized carbons (Fsp3) is 0.292. The van der Waals surface area contributed by atoms with E-state index < -0.39 is 5.91 Å². The molecule has 0 radical (unpaired) electrons. The zero-order chi connectivity index (χ0) is 22.6. The number of carbonyl (C=O) groups is 2. The number of anilines is 1. The first kappa shape index (κ1) is 22.1. The van der Waals surface area contributed by atoms with Gasteiger partial charge in [0.25, 0.3) is 5.91 Å². The summed E-state index contributed by atoms with van der Waals surface area (Å²) in [6.07, 6.45) is 0.166. The van der Waals surface area contributed by atoms with Crippen molar-refractivity contribution in [1.82, 2.24) is 9.78 Å². The molecule has 0 saturated carbocycles. The second-order valence-electron chi connectivity index (χ2n) is 8.44. The van der Waals surface area contributed by atoms with Crippen molar-refractivity contribution < 1.29 is 14.3 Å². The highest BCUT2D eigenvalue weighted by Gasteiger charge is 2.26. The molecular weight excluding hydrogens is 392 g/mol. The van der Waals surface area contributed by atoms with Crippen LogP contribution in [0.15, 0.2) is 54.6 Å². The Morgan fingerprint density at radius 2 is 1.71 bits per heavy atom. The van der Waals surface area contributed by atoms with E-state index in [1.54, 1.807) is 28.9 Å². The van der Waals surface area contributed by atoms with Crippen molar-refractivity contribution in [1.29, 1.82) is 0 Å². The van der Waals surface area contributed by atoms with Crippen molar-refractivity contribution in [3.05, 3.63) is 71.4 Å². The van der Waals surface area contributed by atoms with Gasteiger partial charge < -0.3 is 15.8 Å². The number of nitrogens with two attached hydrogens (primary N) is 1. The summed E-state index contributed by atoms with van der Waals surface area (Å²) in [6, 6.07) is 16.6. The summed E-state index contributed by atoms with van der Waals surface area (Å²) in [7, 11) is 0. The smallest absolute Gasteiger partial charge is 0.263 e. The molecule has 3 N–H and O–H groups in total. The lowest BCUT2D eigenvalue weighted by Gasteiger charge is -2.16. The van der Waals surface area contributed by atoms with Gasteiger partial charge in [-0.25, -0.2) is 4.68 Å². The highest BCUT2D eigenvalue weighted by molar-refractivity contribution is 5.92. The number of nitrogens with zero attached hydrogens (tertiary/aromatic N) is 2. The number of primary amides is 1. The maximum absolute atomic E-state index is 12.7. The molecule has 0 aliphatic heterocycles. The van der Waals surface area contributed by atoms with Gasteiger partial charge in [0.1, 0.15) is 11.6 Å². The third-order valence-corrected chi connectivity index (χ3v) is 4.76. The maximum Gasteiger partial charge on any atom is 0.263 e. The number of rotatable bonds is 7. The number of aromatic nitrogens is 2. The Labute approximate surface area is 182 Å². The van der Waals surface area contributed by atoms with Crippen molar-refractivity contribution in [3.8, 4) is 11.4 Å². The molecule has 1 aromatic heterocycles. The Bertz CT molecular complexity index is 1060. The highest BCUT2D eigenvalue weighted by Crippen LogP contribution is 2.31. The summed E-state index contributed by atoms with van der Waals surface area (Å²) in [5.41, 5.74) is 8.51. The second kappa shape index (κ2) is 9.04. The van der Waals surface area contributed by atoms with E-state index in [1.165, 1.54) is 0 Å². The molecule has 1 heterocycles. The zero-order valence-corrected chi connectivity index (χ0v) is 18.3. The van der Waals surface area contributed by atoms with Gasteiger partial charge in [-0.2, -0.15) is 5.10 Å². The predicted molar refractivity (Wildman–Crippen MR) is 120 cm³/mol. The van der Waals surface area contributed by atoms with Crippen molar-refractivity contribution in [2.45, 2.75) is 39.5 Å². The van der Waals surface area contributed by atoms with E-state index in [9.17, 15) is 9.59 Å². The van der Waals surface area contributed by atoms with Crippen LogP contribution >= 0.6 is 0 Å². The van der Waals surface area contributed by atoms with Crippen LogP contribution < -0.4 is 15.8 Å². The van der Waals surface area contributed by atoms with Crippen LogP contribution in [0.2, 0.25) is 0 Å². The third-order valence-electron chi connectivity index (χ3n) is 4.76. The SMILES string of the molecule is Cc1c(C(C)(C)C)nn(-c2ccccc2)c1NC(=O)COc1ccc(CC(N)=O)cc1.